The van der Waals surface area contributed by atoms with Gasteiger partial charge >= 0.3 is 0 Å². The second-order valence-corrected chi connectivity index (χ2v) is 4.15. The first-order chi connectivity index (χ1) is 9.22. The monoisotopic (exact) mass is 252 g/mol. The molecule has 2 aromatic rings. The topological polar surface area (TPSA) is 76.2 Å². The van der Waals surface area contributed by atoms with Crippen molar-refractivity contribution in [2.24, 2.45) is 0 Å². The zero-order chi connectivity index (χ0) is 13.4. The fourth-order valence-electron chi connectivity index (χ4n) is 2.27. The van der Waals surface area contributed by atoms with E-state index in [1.165, 1.54) is 6.07 Å². The minimum atomic E-state index is -0.546. The second-order valence-electron chi connectivity index (χ2n) is 4.15. The van der Waals surface area contributed by atoms with E-state index in [-0.39, 0.29) is 11.3 Å². The van der Waals surface area contributed by atoms with Gasteiger partial charge in [0.15, 0.2) is 0 Å². The van der Waals surface area contributed by atoms with Crippen molar-refractivity contribution in [1.29, 1.82) is 5.26 Å². The lowest BCUT2D eigenvalue weighted by Gasteiger charge is -2.21. The first-order valence-electron chi connectivity index (χ1n) is 5.65. The van der Waals surface area contributed by atoms with Gasteiger partial charge in [-0.15, -0.1) is 0 Å². The van der Waals surface area contributed by atoms with Gasteiger partial charge in [-0.25, -0.2) is 0 Å². The van der Waals surface area contributed by atoms with E-state index in [2.05, 4.69) is 0 Å². The fourth-order valence-corrected chi connectivity index (χ4v) is 2.27. The molecule has 0 unspecified atom stereocenters. The molecule has 0 aromatic heterocycles. The molecule has 1 aliphatic rings. The first-order valence-corrected chi connectivity index (χ1v) is 5.65. The zero-order valence-electron chi connectivity index (χ0n) is 9.79. The predicted octanol–water partition coefficient (Wildman–Crippen LogP) is 3.03. The standard InChI is InChI=1S/C14H8N2O3/c15-7-11-12(16(17)18)5-6-13-14(11)10-4-2-1-3-9(10)8-19-13/h1-6H,8H2. The number of nitriles is 1. The molecule has 0 fully saturated rings. The van der Waals surface area contributed by atoms with Gasteiger partial charge in [-0.2, -0.15) is 5.26 Å². The van der Waals surface area contributed by atoms with Gasteiger partial charge < -0.3 is 4.74 Å². The SMILES string of the molecule is N#Cc1c([N+](=O)[O-])ccc2c1-c1ccccc1CO2. The van der Waals surface area contributed by atoms with Gasteiger partial charge in [0, 0.05) is 11.6 Å². The molecule has 0 bridgehead atoms. The van der Waals surface area contributed by atoms with Crippen LogP contribution < -0.4 is 4.74 Å². The van der Waals surface area contributed by atoms with E-state index in [1.54, 1.807) is 6.07 Å². The minimum Gasteiger partial charge on any atom is -0.488 e. The van der Waals surface area contributed by atoms with Crippen molar-refractivity contribution in [3.63, 3.8) is 0 Å². The smallest absolute Gasteiger partial charge is 0.287 e. The molecule has 0 saturated carbocycles. The van der Waals surface area contributed by atoms with Crippen molar-refractivity contribution < 1.29 is 9.66 Å². The highest BCUT2D eigenvalue weighted by atomic mass is 16.6. The van der Waals surface area contributed by atoms with Gasteiger partial charge in [-0.1, -0.05) is 24.3 Å². The van der Waals surface area contributed by atoms with E-state index < -0.39 is 4.92 Å². The molecule has 0 aliphatic carbocycles. The van der Waals surface area contributed by atoms with Crippen LogP contribution in [0.4, 0.5) is 5.69 Å². The molecule has 1 aliphatic heterocycles. The van der Waals surface area contributed by atoms with Crippen molar-refractivity contribution in [2.75, 3.05) is 0 Å². The Balaban J connectivity index is 2.37. The number of rotatable bonds is 1. The number of benzene rings is 2. The van der Waals surface area contributed by atoms with Crippen molar-refractivity contribution in [2.45, 2.75) is 6.61 Å². The molecule has 5 nitrogen and oxygen atoms in total. The number of fused-ring (bicyclic) bond motifs is 3. The number of hydrogen-bond donors (Lipinski definition) is 0. The molecule has 3 rings (SSSR count). The lowest BCUT2D eigenvalue weighted by atomic mass is 9.92. The molecule has 5 heteroatoms. The maximum atomic E-state index is 11.0. The van der Waals surface area contributed by atoms with E-state index >= 15 is 0 Å². The molecule has 1 heterocycles. The van der Waals surface area contributed by atoms with Crippen LogP contribution in [-0.4, -0.2) is 4.92 Å². The Kier molecular flexibility index (Phi) is 2.43. The van der Waals surface area contributed by atoms with Crippen molar-refractivity contribution in [1.82, 2.24) is 0 Å². The Hall–Kier alpha value is -2.87. The molecule has 0 radical (unpaired) electrons. The van der Waals surface area contributed by atoms with E-state index in [0.717, 1.165) is 11.1 Å². The van der Waals surface area contributed by atoms with E-state index in [4.69, 9.17) is 4.74 Å². The number of nitrogens with zero attached hydrogens (tertiary/aromatic N) is 2. The Bertz CT molecular complexity index is 732. The van der Waals surface area contributed by atoms with E-state index in [9.17, 15) is 15.4 Å². The molecule has 0 amide bonds. The lowest BCUT2D eigenvalue weighted by Crippen LogP contribution is -2.07. The quantitative estimate of drug-likeness (QED) is 0.577. The largest absolute Gasteiger partial charge is 0.488 e. The van der Waals surface area contributed by atoms with Crippen LogP contribution in [0.1, 0.15) is 11.1 Å². The predicted molar refractivity (Wildman–Crippen MR) is 67.6 cm³/mol. The second kappa shape index (κ2) is 4.10. The number of ether oxygens (including phenoxy) is 1. The number of nitro benzene ring substituents is 1. The summed E-state index contributed by atoms with van der Waals surface area (Å²) in [6.45, 7) is 0.409. The molecule has 0 saturated heterocycles. The number of hydrogen-bond acceptors (Lipinski definition) is 4. The van der Waals surface area contributed by atoms with Crippen LogP contribution >= 0.6 is 0 Å². The third-order valence-corrected chi connectivity index (χ3v) is 3.12. The molecule has 0 spiro atoms. The van der Waals surface area contributed by atoms with Gasteiger partial charge in [-0.05, 0) is 17.2 Å². The summed E-state index contributed by atoms with van der Waals surface area (Å²) < 4.78 is 5.55. The van der Waals surface area contributed by atoms with E-state index in [1.807, 2.05) is 30.3 Å². The number of nitro groups is 1. The third kappa shape index (κ3) is 1.62. The highest BCUT2D eigenvalue weighted by molar-refractivity contribution is 5.83. The van der Waals surface area contributed by atoms with Crippen LogP contribution in [0.25, 0.3) is 11.1 Å². The Labute approximate surface area is 108 Å². The summed E-state index contributed by atoms with van der Waals surface area (Å²) in [6, 6.07) is 12.2. The van der Waals surface area contributed by atoms with Gasteiger partial charge in [0.1, 0.15) is 24.0 Å². The average molecular weight is 252 g/mol. The molecule has 92 valence electrons. The van der Waals surface area contributed by atoms with Crippen molar-refractivity contribution in [3.05, 3.63) is 57.6 Å². The minimum absolute atomic E-state index is 0.0506. The summed E-state index contributed by atoms with van der Waals surface area (Å²) in [6.07, 6.45) is 0. The zero-order valence-corrected chi connectivity index (χ0v) is 9.79. The fraction of sp³-hybridized carbons (Fsp3) is 0.0714. The highest BCUT2D eigenvalue weighted by Gasteiger charge is 2.26. The Morgan fingerprint density at radius 1 is 1.26 bits per heavy atom. The third-order valence-electron chi connectivity index (χ3n) is 3.12. The van der Waals surface area contributed by atoms with Crippen LogP contribution in [0.5, 0.6) is 5.75 Å². The molecule has 0 atom stereocenters. The van der Waals surface area contributed by atoms with Crippen LogP contribution in [0.3, 0.4) is 0 Å². The average Bonchev–Trinajstić information content (AvgIpc) is 2.45. The summed E-state index contributed by atoms with van der Waals surface area (Å²) in [4.78, 5) is 10.4. The van der Waals surface area contributed by atoms with E-state index in [0.29, 0.717) is 17.9 Å². The molecular weight excluding hydrogens is 244 g/mol. The summed E-state index contributed by atoms with van der Waals surface area (Å²) in [5.41, 5.74) is 2.12. The molecule has 19 heavy (non-hydrogen) atoms. The summed E-state index contributed by atoms with van der Waals surface area (Å²) >= 11 is 0. The molecular formula is C14H8N2O3. The summed E-state index contributed by atoms with van der Waals surface area (Å²) in [5, 5.41) is 20.2. The van der Waals surface area contributed by atoms with Crippen molar-refractivity contribution >= 4 is 5.69 Å². The molecule has 2 aromatic carbocycles. The van der Waals surface area contributed by atoms with Crippen LogP contribution in [-0.2, 0) is 6.61 Å². The highest BCUT2D eigenvalue weighted by Crippen LogP contribution is 2.42. The van der Waals surface area contributed by atoms with Crippen LogP contribution in [0, 0.1) is 21.4 Å². The molecule has 0 N–H and O–H groups in total. The summed E-state index contributed by atoms with van der Waals surface area (Å²) in [7, 11) is 0. The Morgan fingerprint density at radius 3 is 2.79 bits per heavy atom. The van der Waals surface area contributed by atoms with Gasteiger partial charge in [0.05, 0.1) is 4.92 Å². The normalized spacial score (nSPS) is 11.7. The van der Waals surface area contributed by atoms with Crippen LogP contribution in [0.2, 0.25) is 0 Å². The van der Waals surface area contributed by atoms with Gasteiger partial charge in [0.2, 0.25) is 0 Å². The maximum Gasteiger partial charge on any atom is 0.287 e. The summed E-state index contributed by atoms with van der Waals surface area (Å²) in [5.74, 6) is 0.515. The van der Waals surface area contributed by atoms with Gasteiger partial charge in [-0.3, -0.25) is 10.1 Å². The van der Waals surface area contributed by atoms with Crippen molar-refractivity contribution in [3.8, 4) is 22.9 Å². The maximum absolute atomic E-state index is 11.0. The first kappa shape index (κ1) is 11.2. The van der Waals surface area contributed by atoms with Crippen LogP contribution in [0.15, 0.2) is 36.4 Å². The van der Waals surface area contributed by atoms with Gasteiger partial charge in [0.25, 0.3) is 5.69 Å². The lowest BCUT2D eigenvalue weighted by molar-refractivity contribution is -0.385. The Morgan fingerprint density at radius 2 is 2.05 bits per heavy atom.